The van der Waals surface area contributed by atoms with Gasteiger partial charge in [0, 0.05) is 30.3 Å². The number of benzene rings is 2. The predicted molar refractivity (Wildman–Crippen MR) is 110 cm³/mol. The summed E-state index contributed by atoms with van der Waals surface area (Å²) in [5.41, 5.74) is 3.02. The number of hydrogen-bond acceptors (Lipinski definition) is 2. The molecular formula is C23H28N2O2. The number of carbonyl (C=O) groups excluding carboxylic acids is 2. The fourth-order valence-corrected chi connectivity index (χ4v) is 3.72. The Kier molecular flexibility index (Phi) is 6.28. The van der Waals surface area contributed by atoms with Crippen molar-refractivity contribution in [2.75, 3.05) is 17.3 Å². The highest BCUT2D eigenvalue weighted by Gasteiger charge is 2.31. The van der Waals surface area contributed by atoms with Crippen LogP contribution in [0.4, 0.5) is 11.4 Å². The van der Waals surface area contributed by atoms with Gasteiger partial charge < -0.3 is 10.2 Å². The van der Waals surface area contributed by atoms with Crippen molar-refractivity contribution in [2.45, 2.75) is 39.0 Å². The molecule has 0 bridgehead atoms. The minimum absolute atomic E-state index is 0.00286. The van der Waals surface area contributed by atoms with Crippen LogP contribution in [0.25, 0.3) is 0 Å². The van der Waals surface area contributed by atoms with Gasteiger partial charge in [-0.05, 0) is 61.9 Å². The van der Waals surface area contributed by atoms with E-state index >= 15 is 0 Å². The average Bonchev–Trinajstić information content (AvgIpc) is 2.74. The Balaban J connectivity index is 1.51. The van der Waals surface area contributed by atoms with Crippen molar-refractivity contribution in [3.05, 3.63) is 60.2 Å². The summed E-state index contributed by atoms with van der Waals surface area (Å²) in [6.07, 6.45) is 4.05. The normalized spacial score (nSPS) is 19.3. The molecule has 1 aliphatic carbocycles. The van der Waals surface area contributed by atoms with E-state index in [9.17, 15) is 9.59 Å². The topological polar surface area (TPSA) is 49.4 Å². The largest absolute Gasteiger partial charge is 0.326 e. The maximum atomic E-state index is 12.8. The van der Waals surface area contributed by atoms with Gasteiger partial charge in [0.15, 0.2) is 0 Å². The van der Waals surface area contributed by atoms with Crippen LogP contribution in [0.1, 0.15) is 38.2 Å². The zero-order chi connectivity index (χ0) is 19.2. The Labute approximate surface area is 161 Å². The number of amides is 2. The Morgan fingerprint density at radius 3 is 2.11 bits per heavy atom. The highest BCUT2D eigenvalue weighted by molar-refractivity contribution is 5.95. The van der Waals surface area contributed by atoms with Crippen molar-refractivity contribution in [2.24, 2.45) is 11.8 Å². The summed E-state index contributed by atoms with van der Waals surface area (Å²) < 4.78 is 0. The number of nitrogens with one attached hydrogen (secondary N) is 1. The van der Waals surface area contributed by atoms with Crippen LogP contribution in [0.2, 0.25) is 0 Å². The molecule has 1 N–H and O–H groups in total. The van der Waals surface area contributed by atoms with E-state index in [1.54, 1.807) is 4.90 Å². The minimum Gasteiger partial charge on any atom is -0.326 e. The van der Waals surface area contributed by atoms with Gasteiger partial charge >= 0.3 is 0 Å². The second-order valence-corrected chi connectivity index (χ2v) is 7.32. The maximum Gasteiger partial charge on any atom is 0.229 e. The molecule has 0 atom stereocenters. The summed E-state index contributed by atoms with van der Waals surface area (Å²) in [5, 5.41) is 3.02. The van der Waals surface area contributed by atoms with Gasteiger partial charge in [-0.2, -0.15) is 0 Å². The molecule has 2 aromatic carbocycles. The summed E-state index contributed by atoms with van der Waals surface area (Å²) >= 11 is 0. The molecule has 2 amide bonds. The summed E-state index contributed by atoms with van der Waals surface area (Å²) in [6.45, 7) is 2.11. The van der Waals surface area contributed by atoms with Crippen LogP contribution in [0.5, 0.6) is 0 Å². The number of carbonyl (C=O) groups is 2. The third-order valence-electron chi connectivity index (χ3n) is 5.55. The highest BCUT2D eigenvalue weighted by Crippen LogP contribution is 2.31. The lowest BCUT2D eigenvalue weighted by Gasteiger charge is -2.30. The standard InChI is InChI=1S/C23H28N2O2/c1-3-17-9-15-20(16-10-17)24-22(26)18-11-13-19(14-12-18)23(27)25(2)21-7-5-4-6-8-21/h4-10,15-16,18-19H,3,11-14H2,1-2H3,(H,24,26). The van der Waals surface area contributed by atoms with Gasteiger partial charge in [0.25, 0.3) is 0 Å². The Hall–Kier alpha value is -2.62. The van der Waals surface area contributed by atoms with Crippen molar-refractivity contribution >= 4 is 23.2 Å². The van der Waals surface area contributed by atoms with Gasteiger partial charge in [0.1, 0.15) is 0 Å². The van der Waals surface area contributed by atoms with Gasteiger partial charge in [-0.3, -0.25) is 9.59 Å². The summed E-state index contributed by atoms with van der Waals surface area (Å²) in [5.74, 6) is 0.210. The number of aryl methyl sites for hydroxylation is 1. The van der Waals surface area contributed by atoms with Crippen LogP contribution >= 0.6 is 0 Å². The monoisotopic (exact) mass is 364 g/mol. The summed E-state index contributed by atoms with van der Waals surface area (Å²) in [7, 11) is 1.83. The number of hydrogen-bond donors (Lipinski definition) is 1. The van der Waals surface area contributed by atoms with Crippen LogP contribution in [-0.4, -0.2) is 18.9 Å². The van der Waals surface area contributed by atoms with Gasteiger partial charge in [0.05, 0.1) is 0 Å². The Morgan fingerprint density at radius 2 is 1.52 bits per heavy atom. The number of para-hydroxylation sites is 1. The molecule has 0 unspecified atom stereocenters. The molecule has 3 rings (SSSR count). The Bertz CT molecular complexity index is 763. The van der Waals surface area contributed by atoms with E-state index in [1.807, 2.05) is 61.6 Å². The molecule has 1 saturated carbocycles. The van der Waals surface area contributed by atoms with Crippen LogP contribution < -0.4 is 10.2 Å². The first kappa shape index (κ1) is 19.2. The minimum atomic E-state index is -0.0121. The van der Waals surface area contributed by atoms with Crippen molar-refractivity contribution in [1.29, 1.82) is 0 Å². The second kappa shape index (κ2) is 8.85. The fraction of sp³-hybridized carbons (Fsp3) is 0.391. The highest BCUT2D eigenvalue weighted by atomic mass is 16.2. The smallest absolute Gasteiger partial charge is 0.229 e. The van der Waals surface area contributed by atoms with Gasteiger partial charge in [-0.15, -0.1) is 0 Å². The summed E-state index contributed by atoms with van der Waals surface area (Å²) in [6, 6.07) is 17.7. The molecule has 142 valence electrons. The first-order chi connectivity index (χ1) is 13.1. The van der Waals surface area contributed by atoms with Crippen molar-refractivity contribution in [1.82, 2.24) is 0 Å². The SMILES string of the molecule is CCc1ccc(NC(=O)C2CCC(C(=O)N(C)c3ccccc3)CC2)cc1. The van der Waals surface area contributed by atoms with Gasteiger partial charge in [-0.1, -0.05) is 37.3 Å². The van der Waals surface area contributed by atoms with E-state index in [0.29, 0.717) is 0 Å². The number of anilines is 2. The number of rotatable bonds is 5. The van der Waals surface area contributed by atoms with Gasteiger partial charge in [-0.25, -0.2) is 0 Å². The van der Waals surface area contributed by atoms with Crippen LogP contribution in [0.3, 0.4) is 0 Å². The molecule has 4 heteroatoms. The molecule has 2 aromatic rings. The molecule has 0 radical (unpaired) electrons. The molecule has 0 saturated heterocycles. The lowest BCUT2D eigenvalue weighted by Crippen LogP contribution is -2.36. The molecule has 4 nitrogen and oxygen atoms in total. The maximum absolute atomic E-state index is 12.8. The Morgan fingerprint density at radius 1 is 0.926 bits per heavy atom. The molecule has 0 heterocycles. The number of nitrogens with zero attached hydrogens (tertiary/aromatic N) is 1. The van der Waals surface area contributed by atoms with E-state index in [0.717, 1.165) is 43.5 Å². The van der Waals surface area contributed by atoms with Crippen molar-refractivity contribution in [3.8, 4) is 0 Å². The average molecular weight is 364 g/mol. The lowest BCUT2D eigenvalue weighted by atomic mass is 9.81. The second-order valence-electron chi connectivity index (χ2n) is 7.32. The van der Waals surface area contributed by atoms with E-state index in [1.165, 1.54) is 5.56 Å². The van der Waals surface area contributed by atoms with E-state index < -0.39 is 0 Å². The molecule has 1 fully saturated rings. The quantitative estimate of drug-likeness (QED) is 0.839. The third-order valence-corrected chi connectivity index (χ3v) is 5.55. The first-order valence-corrected chi connectivity index (χ1v) is 9.81. The molecule has 27 heavy (non-hydrogen) atoms. The van der Waals surface area contributed by atoms with E-state index in [2.05, 4.69) is 12.2 Å². The fourth-order valence-electron chi connectivity index (χ4n) is 3.72. The summed E-state index contributed by atoms with van der Waals surface area (Å²) in [4.78, 5) is 27.0. The van der Waals surface area contributed by atoms with E-state index in [4.69, 9.17) is 0 Å². The van der Waals surface area contributed by atoms with Crippen molar-refractivity contribution in [3.63, 3.8) is 0 Å². The molecule has 0 spiro atoms. The zero-order valence-corrected chi connectivity index (χ0v) is 16.2. The van der Waals surface area contributed by atoms with Crippen molar-refractivity contribution < 1.29 is 9.59 Å². The van der Waals surface area contributed by atoms with Gasteiger partial charge in [0.2, 0.25) is 11.8 Å². The first-order valence-electron chi connectivity index (χ1n) is 9.81. The molecule has 0 aliphatic heterocycles. The van der Waals surface area contributed by atoms with E-state index in [-0.39, 0.29) is 23.7 Å². The molecule has 0 aromatic heterocycles. The third kappa shape index (κ3) is 4.76. The van der Waals surface area contributed by atoms with Crippen LogP contribution in [0.15, 0.2) is 54.6 Å². The van der Waals surface area contributed by atoms with Crippen LogP contribution in [0, 0.1) is 11.8 Å². The van der Waals surface area contributed by atoms with Crippen LogP contribution in [-0.2, 0) is 16.0 Å². The predicted octanol–water partition coefficient (Wildman–Crippen LogP) is 4.66. The lowest BCUT2D eigenvalue weighted by molar-refractivity contribution is -0.126. The molecular weight excluding hydrogens is 336 g/mol. The molecule has 1 aliphatic rings. The zero-order valence-electron chi connectivity index (χ0n) is 16.2.